The summed E-state index contributed by atoms with van der Waals surface area (Å²) in [5, 5.41) is 0. The minimum atomic E-state index is 0. The van der Waals surface area contributed by atoms with E-state index < -0.39 is 0 Å². The largest absolute Gasteiger partial charge is 0.454 e. The normalized spacial score (nSPS) is 13.2. The van der Waals surface area contributed by atoms with Crippen LogP contribution in [-0.4, -0.2) is 44.9 Å². The molecule has 1 saturated carbocycles. The second-order valence-electron chi connectivity index (χ2n) is 15.0. The fourth-order valence-corrected chi connectivity index (χ4v) is 4.97. The van der Waals surface area contributed by atoms with E-state index in [9.17, 15) is 0 Å². The lowest BCUT2D eigenvalue weighted by Gasteiger charge is -2.34. The van der Waals surface area contributed by atoms with Crippen molar-refractivity contribution in [3.63, 3.8) is 0 Å². The van der Waals surface area contributed by atoms with Crippen LogP contribution in [0.5, 0.6) is 11.5 Å². The molecule has 1 aliphatic carbocycles. The number of anilines is 1. The van der Waals surface area contributed by atoms with Crippen molar-refractivity contribution in [2.24, 2.45) is 5.92 Å². The van der Waals surface area contributed by atoms with Gasteiger partial charge in [-0.1, -0.05) is 177 Å². The standard InChI is InChI=1S/C14H22N2.C10H12O2.C9H10.C8H10.2C4H8.C3H4.C2H6.CH4/c1-12(2)13-4-6-14(7-5-13)16-10-8-15(3)9-11-16;1-7(2)8-3-4-9-10(5-8)12-6-11-9;1-2-6-9-7-4-3-5-8-9;1-7-3-5-8(2)6-4-7;1-4-2-3-4;1-3-4-2;1-3-2;1-2;/h4-7,12H,8-11H2,1-3H3;3-5,7H,6H2,1-2H3;2-8H,1H3;3-6H,1-2H3;4H,2-3H2,1H3;3-4H,1-2H3;1H,2H3;1-2H3;1H4/b;;6-2+;;;4-3+;;;. The maximum atomic E-state index is 5.27. The lowest BCUT2D eigenvalue weighted by Crippen LogP contribution is -2.44. The van der Waals surface area contributed by atoms with Crippen LogP contribution in [-0.2, 0) is 0 Å². The molecule has 0 unspecified atom stereocenters. The average Bonchev–Trinajstić information content (AvgIpc) is 3.88. The third-order valence-corrected chi connectivity index (χ3v) is 9.07. The number of piperazine rings is 1. The SMILES string of the molecule is C.C#CC.C/C=C/C.C/C=C/c1ccccc1.CC.CC(C)c1ccc(N2CCN(C)CC2)cc1.CC(C)c1ccc2c(c1)OCO2.CC1CC1.Cc1ccc(C)cc1. The average molecular weight is 805 g/mol. The number of nitrogens with zero attached hydrogens (tertiary/aromatic N) is 2. The third kappa shape index (κ3) is 27.6. The maximum absolute atomic E-state index is 5.27. The molecule has 0 aromatic heterocycles. The number of likely N-dealkylation sites (N-methyl/N-ethyl adjacent to an activating group) is 1. The minimum Gasteiger partial charge on any atom is -0.454 e. The Hall–Kier alpha value is -4.72. The van der Waals surface area contributed by atoms with E-state index in [0.29, 0.717) is 18.6 Å². The van der Waals surface area contributed by atoms with Crippen molar-refractivity contribution in [3.8, 4) is 23.8 Å². The topological polar surface area (TPSA) is 24.9 Å². The molecule has 59 heavy (non-hydrogen) atoms. The van der Waals surface area contributed by atoms with Gasteiger partial charge in [-0.3, -0.25) is 0 Å². The highest BCUT2D eigenvalue weighted by atomic mass is 16.7. The van der Waals surface area contributed by atoms with Crippen LogP contribution >= 0.6 is 0 Å². The molecule has 7 rings (SSSR count). The van der Waals surface area contributed by atoms with Crippen LogP contribution < -0.4 is 14.4 Å². The van der Waals surface area contributed by atoms with Crippen molar-refractivity contribution < 1.29 is 9.47 Å². The molecule has 2 aliphatic heterocycles. The Morgan fingerprint density at radius 2 is 1.10 bits per heavy atom. The van der Waals surface area contributed by atoms with Gasteiger partial charge < -0.3 is 19.3 Å². The number of hydrogen-bond acceptors (Lipinski definition) is 4. The molecular weight excluding hydrogens is 721 g/mol. The summed E-state index contributed by atoms with van der Waals surface area (Å²) in [6, 6.07) is 33.9. The van der Waals surface area contributed by atoms with Crippen LogP contribution in [0.15, 0.2) is 115 Å². The highest BCUT2D eigenvalue weighted by Crippen LogP contribution is 2.34. The Morgan fingerprint density at radius 1 is 0.661 bits per heavy atom. The predicted molar refractivity (Wildman–Crippen MR) is 265 cm³/mol. The molecule has 326 valence electrons. The molecule has 0 spiro atoms. The van der Waals surface area contributed by atoms with E-state index in [1.807, 2.05) is 83.2 Å². The molecule has 2 heterocycles. The van der Waals surface area contributed by atoms with Gasteiger partial charge in [0.05, 0.1) is 0 Å². The van der Waals surface area contributed by atoms with Crippen molar-refractivity contribution in [1.29, 1.82) is 0 Å². The molecule has 4 nitrogen and oxygen atoms in total. The van der Waals surface area contributed by atoms with Crippen LogP contribution in [0, 0.1) is 32.1 Å². The molecule has 4 heteroatoms. The summed E-state index contributed by atoms with van der Waals surface area (Å²) in [5.41, 5.74) is 8.01. The van der Waals surface area contributed by atoms with Gasteiger partial charge in [-0.2, -0.15) is 0 Å². The summed E-state index contributed by atoms with van der Waals surface area (Å²) in [6.07, 6.45) is 15.7. The van der Waals surface area contributed by atoms with Crippen LogP contribution in [0.4, 0.5) is 5.69 Å². The van der Waals surface area contributed by atoms with Gasteiger partial charge in [0.15, 0.2) is 11.5 Å². The van der Waals surface area contributed by atoms with Crippen molar-refractivity contribution in [2.75, 3.05) is 44.9 Å². The van der Waals surface area contributed by atoms with Crippen LogP contribution in [0.3, 0.4) is 0 Å². The molecule has 4 aromatic rings. The molecule has 0 bridgehead atoms. The number of rotatable bonds is 4. The number of hydrogen-bond donors (Lipinski definition) is 0. The van der Waals surface area contributed by atoms with Gasteiger partial charge in [0, 0.05) is 31.9 Å². The molecule has 0 atom stereocenters. The summed E-state index contributed by atoms with van der Waals surface area (Å²) in [5.74, 6) is 6.24. The second-order valence-corrected chi connectivity index (χ2v) is 15.0. The predicted octanol–water partition coefficient (Wildman–Crippen LogP) is 15.4. The van der Waals surface area contributed by atoms with Gasteiger partial charge in [-0.05, 0) is 107 Å². The third-order valence-electron chi connectivity index (χ3n) is 9.07. The number of benzene rings is 4. The van der Waals surface area contributed by atoms with Crippen molar-refractivity contribution in [3.05, 3.63) is 143 Å². The van der Waals surface area contributed by atoms with E-state index >= 15 is 0 Å². The van der Waals surface area contributed by atoms with Gasteiger partial charge in [0.1, 0.15) is 0 Å². The van der Waals surface area contributed by atoms with E-state index in [2.05, 4.69) is 150 Å². The van der Waals surface area contributed by atoms with Gasteiger partial charge in [-0.15, -0.1) is 12.3 Å². The van der Waals surface area contributed by atoms with Gasteiger partial charge >= 0.3 is 0 Å². The zero-order valence-electron chi connectivity index (χ0n) is 39.0. The van der Waals surface area contributed by atoms with E-state index in [-0.39, 0.29) is 7.43 Å². The molecule has 0 amide bonds. The Bertz CT molecular complexity index is 1630. The number of ether oxygens (including phenoxy) is 2. The van der Waals surface area contributed by atoms with Gasteiger partial charge in [0.25, 0.3) is 0 Å². The molecule has 3 aliphatic rings. The highest BCUT2D eigenvalue weighted by molar-refractivity contribution is 5.49. The lowest BCUT2D eigenvalue weighted by molar-refractivity contribution is 0.174. The van der Waals surface area contributed by atoms with Crippen molar-refractivity contribution >= 4 is 11.8 Å². The van der Waals surface area contributed by atoms with Crippen molar-refractivity contribution in [1.82, 2.24) is 4.90 Å². The Labute approximate surface area is 364 Å². The van der Waals surface area contributed by atoms with Crippen LogP contribution in [0.2, 0.25) is 0 Å². The smallest absolute Gasteiger partial charge is 0.231 e. The van der Waals surface area contributed by atoms with Crippen LogP contribution in [0.25, 0.3) is 6.08 Å². The summed E-state index contributed by atoms with van der Waals surface area (Å²) in [6.45, 7) is 32.0. The van der Waals surface area contributed by atoms with E-state index in [4.69, 9.17) is 9.47 Å². The Balaban J connectivity index is 0. The first-order valence-corrected chi connectivity index (χ1v) is 21.5. The quantitative estimate of drug-likeness (QED) is 0.152. The molecule has 1 saturated heterocycles. The fraction of sp³-hybridized carbons (Fsp3) is 0.455. The molecule has 4 aromatic carbocycles. The molecule has 2 fully saturated rings. The maximum Gasteiger partial charge on any atom is 0.231 e. The number of allylic oxidation sites excluding steroid dienone is 3. The minimum absolute atomic E-state index is 0. The second kappa shape index (κ2) is 35.2. The monoisotopic (exact) mass is 805 g/mol. The molecular formula is C55H84N2O2. The number of aryl methyl sites for hydroxylation is 2. The molecule has 0 radical (unpaired) electrons. The molecule has 0 N–H and O–H groups in total. The lowest BCUT2D eigenvalue weighted by atomic mass is 10.0. The highest BCUT2D eigenvalue weighted by Gasteiger charge is 2.15. The van der Waals surface area contributed by atoms with E-state index in [1.165, 1.54) is 59.4 Å². The Kier molecular flexibility index (Phi) is 33.7. The van der Waals surface area contributed by atoms with Gasteiger partial charge in [-0.25, -0.2) is 0 Å². The number of fused-ring (bicyclic) bond motifs is 1. The summed E-state index contributed by atoms with van der Waals surface area (Å²) < 4.78 is 10.5. The van der Waals surface area contributed by atoms with E-state index in [0.717, 1.165) is 30.5 Å². The first kappa shape index (κ1) is 56.4. The Morgan fingerprint density at radius 3 is 1.51 bits per heavy atom. The van der Waals surface area contributed by atoms with Gasteiger partial charge in [0.2, 0.25) is 6.79 Å². The zero-order valence-corrected chi connectivity index (χ0v) is 39.0. The summed E-state index contributed by atoms with van der Waals surface area (Å²) in [7, 11) is 2.19. The van der Waals surface area contributed by atoms with E-state index in [1.54, 1.807) is 6.92 Å². The first-order valence-electron chi connectivity index (χ1n) is 21.5. The van der Waals surface area contributed by atoms with Crippen molar-refractivity contribution in [2.45, 2.75) is 122 Å². The summed E-state index contributed by atoms with van der Waals surface area (Å²) in [4.78, 5) is 4.86. The fourth-order valence-electron chi connectivity index (χ4n) is 4.97. The summed E-state index contributed by atoms with van der Waals surface area (Å²) >= 11 is 0. The van der Waals surface area contributed by atoms with Crippen LogP contribution in [0.1, 0.15) is 136 Å². The number of terminal acetylenes is 1. The first-order chi connectivity index (χ1) is 27.9. The zero-order chi connectivity index (χ0) is 43.7.